The van der Waals surface area contributed by atoms with E-state index in [-0.39, 0.29) is 36.5 Å². The van der Waals surface area contributed by atoms with E-state index >= 15 is 0 Å². The molecule has 0 radical (unpaired) electrons. The summed E-state index contributed by atoms with van der Waals surface area (Å²) in [5, 5.41) is 18.1. The average Bonchev–Trinajstić information content (AvgIpc) is 2.86. The molecule has 188 valence electrons. The van der Waals surface area contributed by atoms with E-state index in [0.29, 0.717) is 11.3 Å². The Morgan fingerprint density at radius 3 is 2.58 bits per heavy atom. The molecule has 0 bridgehead atoms. The maximum absolute atomic E-state index is 12.9. The molecule has 0 spiro atoms. The summed E-state index contributed by atoms with van der Waals surface area (Å²) in [6, 6.07) is 13.5. The zero-order chi connectivity index (χ0) is 26.2. The van der Waals surface area contributed by atoms with Crippen LogP contribution in [0.3, 0.4) is 0 Å². The normalized spacial score (nSPS) is 15.9. The number of carbonyl (C=O) groups is 3. The third-order valence-electron chi connectivity index (χ3n) is 5.56. The minimum atomic E-state index is -0.986. The lowest BCUT2D eigenvalue weighted by molar-refractivity contribution is -0.384. The lowest BCUT2D eigenvalue weighted by Crippen LogP contribution is -2.49. The Morgan fingerprint density at radius 1 is 1.19 bits per heavy atom. The van der Waals surface area contributed by atoms with Gasteiger partial charge in [0.25, 0.3) is 5.69 Å². The Bertz CT molecular complexity index is 1220. The number of ether oxygens (including phenoxy) is 1. The molecule has 3 rings (SSSR count). The monoisotopic (exact) mass is 493 g/mol. The summed E-state index contributed by atoms with van der Waals surface area (Å²) in [4.78, 5) is 50.4. The molecule has 0 saturated heterocycles. The van der Waals surface area contributed by atoms with Gasteiger partial charge >= 0.3 is 12.0 Å². The summed E-state index contributed by atoms with van der Waals surface area (Å²) >= 11 is 0. The number of nitro benzene ring substituents is 1. The van der Waals surface area contributed by atoms with Crippen LogP contribution in [0.15, 0.2) is 71.0 Å². The van der Waals surface area contributed by atoms with Gasteiger partial charge in [-0.3, -0.25) is 14.9 Å². The lowest BCUT2D eigenvalue weighted by Gasteiger charge is -2.37. The fraction of sp³-hybridized carbons (Fsp3) is 0.280. The molecule has 11 nitrogen and oxygen atoms in total. The van der Waals surface area contributed by atoms with Crippen molar-refractivity contribution in [3.63, 3.8) is 0 Å². The topological polar surface area (TPSA) is 143 Å². The van der Waals surface area contributed by atoms with Crippen LogP contribution in [-0.2, 0) is 14.3 Å². The maximum Gasteiger partial charge on any atom is 0.338 e. The highest BCUT2D eigenvalue weighted by molar-refractivity contribution is 5.99. The summed E-state index contributed by atoms with van der Waals surface area (Å²) in [5.41, 5.74) is 4.50. The predicted molar refractivity (Wildman–Crippen MR) is 132 cm³/mol. The number of non-ortho nitro benzene ring substituents is 1. The van der Waals surface area contributed by atoms with Crippen LogP contribution in [0, 0.1) is 10.1 Å². The summed E-state index contributed by atoms with van der Waals surface area (Å²) < 4.78 is 5.19. The fourth-order valence-electron chi connectivity index (χ4n) is 3.80. The Kier molecular flexibility index (Phi) is 8.50. The van der Waals surface area contributed by atoms with Crippen LogP contribution in [0.2, 0.25) is 0 Å². The zero-order valence-corrected chi connectivity index (χ0v) is 20.2. The predicted octanol–water partition coefficient (Wildman–Crippen LogP) is 3.43. The SMILES string of the molecule is CCOC(=O)C1=C(C)NC(=O)N(CCC(=O)N/N=C(/C)c2ccccc2)C1c1cccc([N+](=O)[O-])c1. The third-order valence-corrected chi connectivity index (χ3v) is 5.56. The molecule has 1 heterocycles. The van der Waals surface area contributed by atoms with Gasteiger partial charge in [-0.15, -0.1) is 0 Å². The van der Waals surface area contributed by atoms with Gasteiger partial charge in [0.15, 0.2) is 0 Å². The average molecular weight is 494 g/mol. The first-order valence-electron chi connectivity index (χ1n) is 11.3. The van der Waals surface area contributed by atoms with Crippen molar-refractivity contribution in [3.8, 4) is 0 Å². The number of nitro groups is 1. The number of amides is 3. The number of carbonyl (C=O) groups excluding carboxylic acids is 3. The molecule has 0 aliphatic carbocycles. The van der Waals surface area contributed by atoms with E-state index in [1.807, 2.05) is 30.3 Å². The van der Waals surface area contributed by atoms with Crippen molar-refractivity contribution in [2.45, 2.75) is 33.2 Å². The van der Waals surface area contributed by atoms with Gasteiger partial charge in [0.1, 0.15) is 0 Å². The number of hydrazone groups is 1. The van der Waals surface area contributed by atoms with E-state index in [1.165, 1.54) is 23.1 Å². The molecule has 1 aliphatic heterocycles. The first-order valence-corrected chi connectivity index (χ1v) is 11.3. The Hall–Kier alpha value is -4.54. The van der Waals surface area contributed by atoms with Gasteiger partial charge in [-0.1, -0.05) is 42.5 Å². The molecule has 3 amide bonds. The molecule has 2 aromatic rings. The number of urea groups is 1. The highest BCUT2D eigenvalue weighted by Gasteiger charge is 2.39. The van der Waals surface area contributed by atoms with E-state index in [1.54, 1.807) is 26.8 Å². The van der Waals surface area contributed by atoms with Gasteiger partial charge in [-0.05, 0) is 31.9 Å². The molecule has 0 saturated carbocycles. The second kappa shape index (κ2) is 11.7. The summed E-state index contributed by atoms with van der Waals surface area (Å²) in [5.74, 6) is -1.11. The molecule has 1 unspecified atom stereocenters. The molecule has 1 aliphatic rings. The number of hydrogen-bond acceptors (Lipinski definition) is 7. The van der Waals surface area contributed by atoms with Gasteiger partial charge in [-0.25, -0.2) is 15.0 Å². The van der Waals surface area contributed by atoms with Crippen molar-refractivity contribution in [1.82, 2.24) is 15.6 Å². The number of benzene rings is 2. The number of hydrogen-bond donors (Lipinski definition) is 2. The van der Waals surface area contributed by atoms with Crippen molar-refractivity contribution >= 4 is 29.3 Å². The van der Waals surface area contributed by atoms with Crippen molar-refractivity contribution in [1.29, 1.82) is 0 Å². The van der Waals surface area contributed by atoms with Crippen LogP contribution < -0.4 is 10.7 Å². The van der Waals surface area contributed by atoms with Gasteiger partial charge in [-0.2, -0.15) is 5.10 Å². The van der Waals surface area contributed by atoms with Crippen LogP contribution in [0.4, 0.5) is 10.5 Å². The Balaban J connectivity index is 1.86. The highest BCUT2D eigenvalue weighted by Crippen LogP contribution is 2.35. The van der Waals surface area contributed by atoms with Crippen LogP contribution in [0.1, 0.15) is 44.4 Å². The third kappa shape index (κ3) is 6.12. The van der Waals surface area contributed by atoms with Gasteiger partial charge in [0.05, 0.1) is 28.9 Å². The molecule has 2 aromatic carbocycles. The quantitative estimate of drug-likeness (QED) is 0.237. The van der Waals surface area contributed by atoms with Crippen LogP contribution in [0.25, 0.3) is 0 Å². The first kappa shape index (κ1) is 26.1. The molecule has 1 atom stereocenters. The molecule has 11 heteroatoms. The van der Waals surface area contributed by atoms with E-state index in [0.717, 1.165) is 5.56 Å². The van der Waals surface area contributed by atoms with Crippen LogP contribution in [-0.4, -0.2) is 46.6 Å². The second-order valence-corrected chi connectivity index (χ2v) is 7.99. The molecule has 36 heavy (non-hydrogen) atoms. The van der Waals surface area contributed by atoms with Crippen molar-refractivity contribution < 1.29 is 24.0 Å². The van der Waals surface area contributed by atoms with E-state index < -0.39 is 28.9 Å². The number of nitrogens with one attached hydrogen (secondary N) is 2. The van der Waals surface area contributed by atoms with Gasteiger partial charge in [0, 0.05) is 30.8 Å². The minimum Gasteiger partial charge on any atom is -0.463 e. The summed E-state index contributed by atoms with van der Waals surface area (Å²) in [6.45, 7) is 4.98. The minimum absolute atomic E-state index is 0.0822. The standard InChI is InChI=1S/C25H27N5O6/c1-4-36-24(32)22-17(3)26-25(33)29(23(22)19-11-8-12-20(15-19)30(34)35)14-13-21(31)28-27-16(2)18-9-6-5-7-10-18/h5-12,15,23H,4,13-14H2,1-3H3,(H,26,33)(H,28,31)/b27-16-. The number of allylic oxidation sites excluding steroid dienone is 1. The molecule has 2 N–H and O–H groups in total. The van der Waals surface area contributed by atoms with Crippen molar-refractivity contribution in [3.05, 3.63) is 87.1 Å². The zero-order valence-electron chi connectivity index (χ0n) is 20.2. The van der Waals surface area contributed by atoms with E-state index in [9.17, 15) is 24.5 Å². The van der Waals surface area contributed by atoms with Crippen molar-refractivity contribution in [2.75, 3.05) is 13.2 Å². The number of esters is 1. The second-order valence-electron chi connectivity index (χ2n) is 7.99. The molecular weight excluding hydrogens is 466 g/mol. The largest absolute Gasteiger partial charge is 0.463 e. The maximum atomic E-state index is 12.9. The Morgan fingerprint density at radius 2 is 1.92 bits per heavy atom. The van der Waals surface area contributed by atoms with Gasteiger partial charge in [0.2, 0.25) is 5.91 Å². The van der Waals surface area contributed by atoms with Crippen LogP contribution in [0.5, 0.6) is 0 Å². The smallest absolute Gasteiger partial charge is 0.338 e. The molecule has 0 fully saturated rings. The lowest BCUT2D eigenvalue weighted by atomic mass is 9.93. The summed E-state index contributed by atoms with van der Waals surface area (Å²) in [7, 11) is 0. The van der Waals surface area contributed by atoms with E-state index in [2.05, 4.69) is 15.8 Å². The number of nitrogens with zero attached hydrogens (tertiary/aromatic N) is 3. The number of rotatable bonds is 9. The first-order chi connectivity index (χ1) is 17.2. The van der Waals surface area contributed by atoms with E-state index in [4.69, 9.17) is 4.74 Å². The van der Waals surface area contributed by atoms with Crippen LogP contribution >= 0.6 is 0 Å². The highest BCUT2D eigenvalue weighted by atomic mass is 16.6. The molecular formula is C25H27N5O6. The summed E-state index contributed by atoms with van der Waals surface area (Å²) in [6.07, 6.45) is -0.125. The van der Waals surface area contributed by atoms with Gasteiger partial charge < -0.3 is 15.0 Å². The van der Waals surface area contributed by atoms with Crippen molar-refractivity contribution in [2.24, 2.45) is 5.10 Å². The Labute approximate surface area is 208 Å². The molecule has 0 aromatic heterocycles. The fourth-order valence-corrected chi connectivity index (χ4v) is 3.80.